The van der Waals surface area contributed by atoms with Crippen molar-refractivity contribution in [3.05, 3.63) is 53.3 Å². The Labute approximate surface area is 228 Å². The number of hydrogen-bond acceptors (Lipinski definition) is 1. The van der Waals surface area contributed by atoms with E-state index in [4.69, 9.17) is 0 Å². The minimum Gasteiger partial charge on any atom is -0.403 e. The number of hydrogen-bond donors (Lipinski definition) is 0. The highest BCUT2D eigenvalue weighted by Crippen LogP contribution is 2.43. The first-order valence-corrected chi connectivity index (χ1v) is 14.6. The Morgan fingerprint density at radius 2 is 1.44 bits per heavy atom. The number of ether oxygens (including phenoxy) is 1. The fourth-order valence-corrected chi connectivity index (χ4v) is 6.96. The molecule has 2 saturated carbocycles. The second-order valence-corrected chi connectivity index (χ2v) is 11.9. The summed E-state index contributed by atoms with van der Waals surface area (Å²) >= 11 is 0. The van der Waals surface area contributed by atoms with Crippen LogP contribution >= 0.6 is 0 Å². The molecule has 0 aliphatic heterocycles. The Morgan fingerprint density at radius 1 is 0.821 bits per heavy atom. The number of unbranched alkanes of at least 4 members (excludes halogenated alkanes) is 1. The second-order valence-electron chi connectivity index (χ2n) is 11.9. The van der Waals surface area contributed by atoms with Gasteiger partial charge in [0.25, 0.3) is 0 Å². The van der Waals surface area contributed by atoms with Crippen LogP contribution < -0.4 is 4.74 Å². The van der Waals surface area contributed by atoms with E-state index in [1.54, 1.807) is 0 Å². The van der Waals surface area contributed by atoms with Crippen molar-refractivity contribution in [2.75, 3.05) is 0 Å². The second kappa shape index (κ2) is 13.0. The molecule has 1 atom stereocenters. The first-order valence-electron chi connectivity index (χ1n) is 14.6. The van der Waals surface area contributed by atoms with Gasteiger partial charge in [-0.05, 0) is 110 Å². The first-order chi connectivity index (χ1) is 18.5. The van der Waals surface area contributed by atoms with Crippen LogP contribution in [0.5, 0.6) is 5.75 Å². The fourth-order valence-electron chi connectivity index (χ4n) is 6.96. The summed E-state index contributed by atoms with van der Waals surface area (Å²) in [5.74, 6) is -0.946. The number of halogens is 6. The third kappa shape index (κ3) is 7.94. The molecule has 2 aliphatic carbocycles. The van der Waals surface area contributed by atoms with E-state index in [1.807, 2.05) is 0 Å². The van der Waals surface area contributed by atoms with E-state index < -0.39 is 35.1 Å². The van der Waals surface area contributed by atoms with Crippen molar-refractivity contribution in [1.82, 2.24) is 0 Å². The lowest BCUT2D eigenvalue weighted by Crippen LogP contribution is -2.23. The van der Waals surface area contributed by atoms with Gasteiger partial charge in [-0.25, -0.2) is 13.2 Å². The van der Waals surface area contributed by atoms with Crippen LogP contribution in [0.4, 0.5) is 26.3 Å². The highest BCUT2D eigenvalue weighted by atomic mass is 19.4. The number of rotatable bonds is 9. The molecule has 1 unspecified atom stereocenters. The molecule has 0 radical (unpaired) electrons. The summed E-state index contributed by atoms with van der Waals surface area (Å²) in [4.78, 5) is 0. The van der Waals surface area contributed by atoms with Crippen LogP contribution in [0.1, 0.15) is 102 Å². The van der Waals surface area contributed by atoms with E-state index in [1.165, 1.54) is 63.5 Å². The lowest BCUT2D eigenvalue weighted by atomic mass is 9.70. The predicted octanol–water partition coefficient (Wildman–Crippen LogP) is 11.0. The molecule has 0 heterocycles. The van der Waals surface area contributed by atoms with Gasteiger partial charge in [-0.2, -0.15) is 0 Å². The number of benzene rings is 2. The van der Waals surface area contributed by atoms with E-state index >= 15 is 8.78 Å². The van der Waals surface area contributed by atoms with Crippen molar-refractivity contribution in [2.24, 2.45) is 23.7 Å². The summed E-state index contributed by atoms with van der Waals surface area (Å²) in [5.41, 5.74) is -0.0491. The van der Waals surface area contributed by atoms with Crippen LogP contribution in [-0.4, -0.2) is 6.36 Å². The molecule has 0 amide bonds. The molecule has 2 aromatic rings. The highest BCUT2D eigenvalue weighted by molar-refractivity contribution is 5.66. The molecular formula is C32H40F6O. The molecule has 39 heavy (non-hydrogen) atoms. The molecule has 1 nitrogen and oxygen atoms in total. The van der Waals surface area contributed by atoms with Gasteiger partial charge in [-0.1, -0.05) is 52.0 Å². The minimum atomic E-state index is -5.06. The Kier molecular flexibility index (Phi) is 9.92. The largest absolute Gasteiger partial charge is 0.573 e. The Balaban J connectivity index is 1.32. The summed E-state index contributed by atoms with van der Waals surface area (Å²) < 4.78 is 85.0. The topological polar surface area (TPSA) is 9.23 Å². The molecule has 2 aromatic carbocycles. The minimum absolute atomic E-state index is 0.0582. The molecule has 0 aromatic heterocycles. The maximum absolute atomic E-state index is 15.0. The average Bonchev–Trinajstić information content (AvgIpc) is 2.88. The molecule has 4 rings (SSSR count). The van der Waals surface area contributed by atoms with Gasteiger partial charge in [-0.15, -0.1) is 13.2 Å². The van der Waals surface area contributed by atoms with Crippen LogP contribution in [0.3, 0.4) is 0 Å². The standard InChI is InChI=1S/C32H40F6O/c1-3-4-5-21-6-10-23(11-7-21)20(2)16-22-8-12-24(13-9-22)26-18-28(34)31(29(35)19-26)25-14-15-30(27(33)17-25)39-32(36,37)38/h14-15,17-24H,3-13,16H2,1-2H3. The number of alkyl halides is 3. The van der Waals surface area contributed by atoms with Crippen molar-refractivity contribution in [3.63, 3.8) is 0 Å². The van der Waals surface area contributed by atoms with Crippen molar-refractivity contribution < 1.29 is 31.1 Å². The Bertz CT molecular complexity index is 1060. The molecule has 2 fully saturated rings. The van der Waals surface area contributed by atoms with E-state index in [0.29, 0.717) is 23.5 Å². The Hall–Kier alpha value is -2.18. The summed E-state index contributed by atoms with van der Waals surface area (Å²) in [5, 5.41) is 0. The van der Waals surface area contributed by atoms with Gasteiger partial charge in [0.2, 0.25) is 0 Å². The van der Waals surface area contributed by atoms with Gasteiger partial charge in [0.05, 0.1) is 5.56 Å². The van der Waals surface area contributed by atoms with E-state index in [9.17, 15) is 17.6 Å². The van der Waals surface area contributed by atoms with Crippen molar-refractivity contribution in [2.45, 2.75) is 103 Å². The van der Waals surface area contributed by atoms with Gasteiger partial charge in [-0.3, -0.25) is 0 Å². The average molecular weight is 555 g/mol. The van der Waals surface area contributed by atoms with Crippen molar-refractivity contribution >= 4 is 0 Å². The van der Waals surface area contributed by atoms with Crippen LogP contribution in [0.15, 0.2) is 30.3 Å². The maximum Gasteiger partial charge on any atom is 0.573 e. The zero-order chi connectivity index (χ0) is 28.2. The van der Waals surface area contributed by atoms with Gasteiger partial charge >= 0.3 is 6.36 Å². The molecule has 0 N–H and O–H groups in total. The molecular weight excluding hydrogens is 514 g/mol. The zero-order valence-electron chi connectivity index (χ0n) is 22.9. The van der Waals surface area contributed by atoms with Crippen molar-refractivity contribution in [1.29, 1.82) is 0 Å². The van der Waals surface area contributed by atoms with Gasteiger partial charge in [0, 0.05) is 0 Å². The molecule has 0 bridgehead atoms. The molecule has 7 heteroatoms. The first kappa shape index (κ1) is 29.8. The zero-order valence-corrected chi connectivity index (χ0v) is 22.9. The van der Waals surface area contributed by atoms with Crippen LogP contribution in [0.2, 0.25) is 0 Å². The fraction of sp³-hybridized carbons (Fsp3) is 0.625. The van der Waals surface area contributed by atoms with Crippen LogP contribution in [0, 0.1) is 41.1 Å². The van der Waals surface area contributed by atoms with Crippen LogP contribution in [-0.2, 0) is 0 Å². The van der Waals surface area contributed by atoms with Gasteiger partial charge < -0.3 is 4.74 Å². The van der Waals surface area contributed by atoms with E-state index in [-0.39, 0.29) is 11.5 Å². The quantitative estimate of drug-likeness (QED) is 0.280. The summed E-state index contributed by atoms with van der Waals surface area (Å²) in [7, 11) is 0. The molecule has 0 saturated heterocycles. The summed E-state index contributed by atoms with van der Waals surface area (Å²) in [6.07, 6.45) is 9.41. The highest BCUT2D eigenvalue weighted by Gasteiger charge is 2.33. The monoisotopic (exact) mass is 554 g/mol. The predicted molar refractivity (Wildman–Crippen MR) is 142 cm³/mol. The molecule has 0 spiro atoms. The lowest BCUT2D eigenvalue weighted by molar-refractivity contribution is -0.275. The SMILES string of the molecule is CCCCC1CCC(C(C)CC2CCC(c3cc(F)c(-c4ccc(OC(F)(F)F)c(F)c4)c(F)c3)CC2)CC1. The smallest absolute Gasteiger partial charge is 0.403 e. The molecule has 216 valence electrons. The lowest BCUT2D eigenvalue weighted by Gasteiger charge is -2.36. The Morgan fingerprint density at radius 3 is 2.00 bits per heavy atom. The summed E-state index contributed by atoms with van der Waals surface area (Å²) in [6, 6.07) is 5.00. The maximum atomic E-state index is 15.0. The van der Waals surface area contributed by atoms with Gasteiger partial charge in [0.15, 0.2) is 11.6 Å². The molecule has 2 aliphatic rings. The third-order valence-electron chi connectivity index (χ3n) is 9.20. The van der Waals surface area contributed by atoms with E-state index in [0.717, 1.165) is 49.7 Å². The van der Waals surface area contributed by atoms with Crippen LogP contribution in [0.25, 0.3) is 11.1 Å². The van der Waals surface area contributed by atoms with Crippen molar-refractivity contribution in [3.8, 4) is 16.9 Å². The van der Waals surface area contributed by atoms with E-state index in [2.05, 4.69) is 18.6 Å². The third-order valence-corrected chi connectivity index (χ3v) is 9.20. The summed E-state index contributed by atoms with van der Waals surface area (Å²) in [6.45, 7) is 4.66. The normalized spacial score (nSPS) is 24.9. The van der Waals surface area contributed by atoms with Gasteiger partial charge in [0.1, 0.15) is 11.6 Å².